The van der Waals surface area contributed by atoms with Crippen LogP contribution in [0.5, 0.6) is 0 Å². The third-order valence-electron chi connectivity index (χ3n) is 5.07. The number of thiophene rings is 1. The number of aryl methyl sites for hydroxylation is 2. The van der Waals surface area contributed by atoms with Gasteiger partial charge in [-0.25, -0.2) is 0 Å². The van der Waals surface area contributed by atoms with E-state index in [-0.39, 0.29) is 11.9 Å². The Morgan fingerprint density at radius 2 is 2.28 bits per heavy atom. The lowest BCUT2D eigenvalue weighted by Crippen LogP contribution is -2.30. The molecule has 25 heavy (non-hydrogen) atoms. The monoisotopic (exact) mass is 354 g/mol. The van der Waals surface area contributed by atoms with Gasteiger partial charge < -0.3 is 14.3 Å². The third-order valence-corrected chi connectivity index (χ3v) is 5.93. The van der Waals surface area contributed by atoms with Crippen molar-refractivity contribution in [3.05, 3.63) is 69.1 Å². The van der Waals surface area contributed by atoms with E-state index in [2.05, 4.69) is 34.3 Å². The number of fused-ring (bicyclic) bond motifs is 1. The van der Waals surface area contributed by atoms with Crippen LogP contribution in [-0.4, -0.2) is 10.5 Å². The number of nitrogens with one attached hydrogen (secondary N) is 1. The molecule has 0 bridgehead atoms. The van der Waals surface area contributed by atoms with Crippen molar-refractivity contribution in [1.82, 2.24) is 9.88 Å². The van der Waals surface area contributed by atoms with Crippen LogP contribution in [0.15, 0.2) is 40.3 Å². The first kappa shape index (κ1) is 16.2. The molecule has 130 valence electrons. The van der Waals surface area contributed by atoms with Gasteiger partial charge in [-0.1, -0.05) is 6.07 Å². The van der Waals surface area contributed by atoms with E-state index in [1.807, 2.05) is 19.1 Å². The predicted molar refractivity (Wildman–Crippen MR) is 99.2 cm³/mol. The number of hydrogen-bond acceptors (Lipinski definition) is 3. The molecule has 1 unspecified atom stereocenters. The summed E-state index contributed by atoms with van der Waals surface area (Å²) in [4.78, 5) is 14.2. The molecule has 3 aromatic rings. The molecule has 5 heteroatoms. The number of hydrogen-bond donors (Lipinski definition) is 1. The van der Waals surface area contributed by atoms with Gasteiger partial charge in [0.1, 0.15) is 5.76 Å². The van der Waals surface area contributed by atoms with Gasteiger partial charge in [0.05, 0.1) is 24.4 Å². The van der Waals surface area contributed by atoms with E-state index in [4.69, 9.17) is 4.42 Å². The van der Waals surface area contributed by atoms with Crippen molar-refractivity contribution in [2.24, 2.45) is 0 Å². The second-order valence-corrected chi connectivity index (χ2v) is 7.70. The highest BCUT2D eigenvalue weighted by Crippen LogP contribution is 2.31. The molecular weight excluding hydrogens is 332 g/mol. The van der Waals surface area contributed by atoms with Crippen molar-refractivity contribution in [2.75, 3.05) is 0 Å². The first-order chi connectivity index (χ1) is 12.1. The summed E-state index contributed by atoms with van der Waals surface area (Å²) in [5.41, 5.74) is 4.03. The van der Waals surface area contributed by atoms with Crippen LogP contribution >= 0.6 is 11.3 Å². The maximum absolute atomic E-state index is 12.9. The number of aromatic nitrogens is 1. The fourth-order valence-corrected chi connectivity index (χ4v) is 4.40. The van der Waals surface area contributed by atoms with Gasteiger partial charge in [-0.3, -0.25) is 4.79 Å². The van der Waals surface area contributed by atoms with Crippen LogP contribution in [0, 0.1) is 13.8 Å². The Hall–Kier alpha value is -2.27. The molecule has 1 amide bonds. The summed E-state index contributed by atoms with van der Waals surface area (Å²) in [6, 6.07) is 8.23. The van der Waals surface area contributed by atoms with E-state index in [1.165, 1.54) is 4.88 Å². The van der Waals surface area contributed by atoms with Crippen molar-refractivity contribution < 1.29 is 9.21 Å². The second-order valence-electron chi connectivity index (χ2n) is 6.67. The average Bonchev–Trinajstić information content (AvgIpc) is 3.32. The van der Waals surface area contributed by atoms with E-state index in [0.717, 1.165) is 54.1 Å². The Kier molecular flexibility index (Phi) is 4.25. The zero-order valence-corrected chi connectivity index (χ0v) is 15.4. The van der Waals surface area contributed by atoms with Crippen molar-refractivity contribution in [1.29, 1.82) is 0 Å². The Morgan fingerprint density at radius 1 is 1.40 bits per heavy atom. The quantitative estimate of drug-likeness (QED) is 0.743. The molecule has 0 fully saturated rings. The highest BCUT2D eigenvalue weighted by Gasteiger charge is 2.25. The molecule has 0 radical (unpaired) electrons. The zero-order chi connectivity index (χ0) is 17.4. The van der Waals surface area contributed by atoms with Crippen LogP contribution < -0.4 is 5.32 Å². The third kappa shape index (κ3) is 3.04. The standard InChI is InChI=1S/C20H22N2O2S/c1-13-11-17(14(2)22(13)12-15-5-4-10-25-15)20(23)21-18-6-3-7-19-16(18)8-9-24-19/h4-5,8-11,18H,3,6-7,12H2,1-2H3,(H,21,23). The van der Waals surface area contributed by atoms with Gasteiger partial charge in [-0.2, -0.15) is 0 Å². The molecule has 4 rings (SSSR count). The lowest BCUT2D eigenvalue weighted by Gasteiger charge is -2.22. The second kappa shape index (κ2) is 6.56. The first-order valence-corrected chi connectivity index (χ1v) is 9.57. The molecule has 0 saturated carbocycles. The number of nitrogens with zero attached hydrogens (tertiary/aromatic N) is 1. The van der Waals surface area contributed by atoms with Gasteiger partial charge in [0.25, 0.3) is 5.91 Å². The Morgan fingerprint density at radius 3 is 3.08 bits per heavy atom. The molecule has 1 atom stereocenters. The van der Waals surface area contributed by atoms with Crippen LogP contribution in [0.25, 0.3) is 0 Å². The summed E-state index contributed by atoms with van der Waals surface area (Å²) >= 11 is 1.74. The van der Waals surface area contributed by atoms with Gasteiger partial charge in [0.15, 0.2) is 0 Å². The van der Waals surface area contributed by atoms with Crippen molar-refractivity contribution in [2.45, 2.75) is 45.7 Å². The molecule has 3 aromatic heterocycles. The lowest BCUT2D eigenvalue weighted by atomic mass is 9.93. The van der Waals surface area contributed by atoms with Gasteiger partial charge in [-0.05, 0) is 50.3 Å². The maximum Gasteiger partial charge on any atom is 0.253 e. The van der Waals surface area contributed by atoms with E-state index >= 15 is 0 Å². The minimum atomic E-state index is 0.00424. The summed E-state index contributed by atoms with van der Waals surface area (Å²) < 4.78 is 7.74. The molecule has 3 heterocycles. The topological polar surface area (TPSA) is 47.2 Å². The van der Waals surface area contributed by atoms with Crippen molar-refractivity contribution in [3.63, 3.8) is 0 Å². The highest BCUT2D eigenvalue weighted by molar-refractivity contribution is 7.09. The minimum absolute atomic E-state index is 0.00424. The van der Waals surface area contributed by atoms with E-state index in [0.29, 0.717) is 0 Å². The van der Waals surface area contributed by atoms with Crippen LogP contribution in [0.2, 0.25) is 0 Å². The van der Waals surface area contributed by atoms with Gasteiger partial charge >= 0.3 is 0 Å². The smallest absolute Gasteiger partial charge is 0.253 e. The molecule has 0 aromatic carbocycles. The van der Waals surface area contributed by atoms with Crippen molar-refractivity contribution in [3.8, 4) is 0 Å². The molecule has 1 aliphatic rings. The van der Waals surface area contributed by atoms with Crippen molar-refractivity contribution >= 4 is 17.2 Å². The number of carbonyl (C=O) groups excluding carboxylic acids is 1. The maximum atomic E-state index is 12.9. The number of furan rings is 1. The van der Waals surface area contributed by atoms with Crippen LogP contribution in [0.3, 0.4) is 0 Å². The minimum Gasteiger partial charge on any atom is -0.469 e. The predicted octanol–water partition coefficient (Wildman–Crippen LogP) is 4.62. The fraction of sp³-hybridized carbons (Fsp3) is 0.350. The number of amides is 1. The highest BCUT2D eigenvalue weighted by atomic mass is 32.1. The summed E-state index contributed by atoms with van der Waals surface area (Å²) in [5, 5.41) is 5.29. The molecular formula is C20H22N2O2S. The lowest BCUT2D eigenvalue weighted by molar-refractivity contribution is 0.0931. The molecule has 0 spiro atoms. The van der Waals surface area contributed by atoms with Crippen LogP contribution in [0.1, 0.15) is 56.8 Å². The molecule has 1 aliphatic carbocycles. The van der Waals surface area contributed by atoms with E-state index < -0.39 is 0 Å². The van der Waals surface area contributed by atoms with Crippen LogP contribution in [0.4, 0.5) is 0 Å². The Balaban J connectivity index is 1.55. The number of carbonyl (C=O) groups is 1. The van der Waals surface area contributed by atoms with E-state index in [9.17, 15) is 4.79 Å². The Bertz CT molecular complexity index is 889. The molecule has 0 saturated heterocycles. The number of rotatable bonds is 4. The van der Waals surface area contributed by atoms with E-state index in [1.54, 1.807) is 17.6 Å². The Labute approximate surface area is 151 Å². The summed E-state index contributed by atoms with van der Waals surface area (Å²) in [6.07, 6.45) is 4.70. The molecule has 0 aliphatic heterocycles. The molecule has 1 N–H and O–H groups in total. The molecule has 4 nitrogen and oxygen atoms in total. The summed E-state index contributed by atoms with van der Waals surface area (Å²) in [7, 11) is 0. The summed E-state index contributed by atoms with van der Waals surface area (Å²) in [6.45, 7) is 4.91. The van der Waals surface area contributed by atoms with Crippen LogP contribution in [-0.2, 0) is 13.0 Å². The first-order valence-electron chi connectivity index (χ1n) is 8.69. The van der Waals surface area contributed by atoms with Gasteiger partial charge in [0.2, 0.25) is 0 Å². The zero-order valence-electron chi connectivity index (χ0n) is 14.5. The van der Waals surface area contributed by atoms with Gasteiger partial charge in [0, 0.05) is 28.2 Å². The van der Waals surface area contributed by atoms with Gasteiger partial charge in [-0.15, -0.1) is 11.3 Å². The summed E-state index contributed by atoms with van der Waals surface area (Å²) in [5.74, 6) is 1.02. The largest absolute Gasteiger partial charge is 0.469 e. The fourth-order valence-electron chi connectivity index (χ4n) is 3.71. The normalized spacial score (nSPS) is 16.6. The average molecular weight is 354 g/mol. The SMILES string of the molecule is Cc1cc(C(=O)NC2CCCc3occc32)c(C)n1Cc1cccs1.